The van der Waals surface area contributed by atoms with Gasteiger partial charge in [0, 0.05) is 29.2 Å². The minimum absolute atomic E-state index is 0.0649. The third kappa shape index (κ3) is 2.96. The second kappa shape index (κ2) is 7.60. The summed E-state index contributed by atoms with van der Waals surface area (Å²) in [7, 11) is 2.01. The summed E-state index contributed by atoms with van der Waals surface area (Å²) < 4.78 is 0. The first-order valence-corrected chi connectivity index (χ1v) is 7.72. The van der Waals surface area contributed by atoms with Gasteiger partial charge in [-0.1, -0.05) is 27.7 Å². The predicted octanol–water partition coefficient (Wildman–Crippen LogP) is 2.82. The maximum atomic E-state index is 6.19. The molecule has 0 aliphatic carbocycles. The predicted molar refractivity (Wildman–Crippen MR) is 86.7 cm³/mol. The molecular formula is C16H30N4. The van der Waals surface area contributed by atoms with E-state index in [9.17, 15) is 0 Å². The van der Waals surface area contributed by atoms with Crippen molar-refractivity contribution in [1.29, 1.82) is 0 Å². The highest BCUT2D eigenvalue weighted by Crippen LogP contribution is 2.38. The molecule has 0 aromatic carbocycles. The van der Waals surface area contributed by atoms with Crippen molar-refractivity contribution >= 4 is 5.69 Å². The standard InChI is InChI=1S/C16H30N4/c1-6-16(7-2,20(8-3)9-4)15(18-5)13-12-19-11-10-14(13)17/h10-12,15,18H,6-9H2,1-5H3,(H2,17,19). The van der Waals surface area contributed by atoms with E-state index in [0.29, 0.717) is 0 Å². The molecule has 0 saturated heterocycles. The molecule has 0 aliphatic heterocycles. The Morgan fingerprint density at radius 3 is 2.25 bits per heavy atom. The Balaban J connectivity index is 3.32. The van der Waals surface area contributed by atoms with Crippen LogP contribution in [0.25, 0.3) is 0 Å². The molecule has 0 bridgehead atoms. The quantitative estimate of drug-likeness (QED) is 0.768. The van der Waals surface area contributed by atoms with Gasteiger partial charge in [0.15, 0.2) is 0 Å². The van der Waals surface area contributed by atoms with Gasteiger partial charge in [-0.2, -0.15) is 0 Å². The van der Waals surface area contributed by atoms with E-state index < -0.39 is 0 Å². The fraction of sp³-hybridized carbons (Fsp3) is 0.688. The summed E-state index contributed by atoms with van der Waals surface area (Å²) in [6.45, 7) is 11.1. The normalized spacial score (nSPS) is 13.7. The van der Waals surface area contributed by atoms with E-state index in [1.807, 2.05) is 19.3 Å². The first-order valence-electron chi connectivity index (χ1n) is 7.72. The average molecular weight is 278 g/mol. The molecule has 1 rings (SSSR count). The first-order chi connectivity index (χ1) is 9.61. The van der Waals surface area contributed by atoms with Crippen molar-refractivity contribution in [2.75, 3.05) is 25.9 Å². The second-order valence-electron chi connectivity index (χ2n) is 5.21. The topological polar surface area (TPSA) is 54.2 Å². The molecule has 1 aromatic rings. The van der Waals surface area contributed by atoms with Crippen molar-refractivity contribution in [2.24, 2.45) is 0 Å². The smallest absolute Gasteiger partial charge is 0.0540 e. The van der Waals surface area contributed by atoms with E-state index in [1.54, 1.807) is 6.20 Å². The summed E-state index contributed by atoms with van der Waals surface area (Å²) in [5.74, 6) is 0. The van der Waals surface area contributed by atoms with Gasteiger partial charge in [-0.25, -0.2) is 0 Å². The summed E-state index contributed by atoms with van der Waals surface area (Å²) in [6, 6.07) is 2.07. The maximum Gasteiger partial charge on any atom is 0.0540 e. The van der Waals surface area contributed by atoms with Crippen LogP contribution in [0.15, 0.2) is 18.5 Å². The molecule has 1 unspecified atom stereocenters. The molecular weight excluding hydrogens is 248 g/mol. The van der Waals surface area contributed by atoms with Crippen molar-refractivity contribution < 1.29 is 0 Å². The fourth-order valence-electron chi connectivity index (χ4n) is 3.51. The van der Waals surface area contributed by atoms with Crippen molar-refractivity contribution in [2.45, 2.75) is 52.1 Å². The number of hydrogen-bond donors (Lipinski definition) is 2. The number of nitrogens with one attached hydrogen (secondary N) is 1. The molecule has 4 heteroatoms. The zero-order valence-electron chi connectivity index (χ0n) is 13.6. The lowest BCUT2D eigenvalue weighted by Crippen LogP contribution is -2.55. The van der Waals surface area contributed by atoms with Gasteiger partial charge in [-0.05, 0) is 39.0 Å². The average Bonchev–Trinajstić information content (AvgIpc) is 2.49. The minimum atomic E-state index is 0.0649. The lowest BCUT2D eigenvalue weighted by atomic mass is 9.79. The molecule has 0 radical (unpaired) electrons. The van der Waals surface area contributed by atoms with Gasteiger partial charge in [0.25, 0.3) is 0 Å². The lowest BCUT2D eigenvalue weighted by Gasteiger charge is -2.48. The first kappa shape index (κ1) is 16.9. The van der Waals surface area contributed by atoms with Crippen molar-refractivity contribution in [1.82, 2.24) is 15.2 Å². The number of anilines is 1. The molecule has 1 heterocycles. The van der Waals surface area contributed by atoms with Crippen LogP contribution in [0.4, 0.5) is 5.69 Å². The van der Waals surface area contributed by atoms with Crippen LogP contribution in [-0.4, -0.2) is 35.6 Å². The van der Waals surface area contributed by atoms with Crippen molar-refractivity contribution in [3.05, 3.63) is 24.0 Å². The largest absolute Gasteiger partial charge is 0.398 e. The third-order valence-electron chi connectivity index (χ3n) is 4.64. The lowest BCUT2D eigenvalue weighted by molar-refractivity contribution is 0.0516. The van der Waals surface area contributed by atoms with Crippen LogP contribution in [0.5, 0.6) is 0 Å². The highest BCUT2D eigenvalue weighted by molar-refractivity contribution is 5.47. The zero-order valence-corrected chi connectivity index (χ0v) is 13.6. The van der Waals surface area contributed by atoms with E-state index in [1.165, 1.54) is 0 Å². The highest BCUT2D eigenvalue weighted by atomic mass is 15.2. The van der Waals surface area contributed by atoms with Gasteiger partial charge in [0.05, 0.1) is 6.04 Å². The summed E-state index contributed by atoms with van der Waals surface area (Å²) in [5.41, 5.74) is 8.17. The molecule has 0 spiro atoms. The van der Waals surface area contributed by atoms with Crippen LogP contribution < -0.4 is 11.1 Å². The summed E-state index contributed by atoms with van der Waals surface area (Å²) in [6.07, 6.45) is 5.80. The van der Waals surface area contributed by atoms with E-state index in [2.05, 4.69) is 42.9 Å². The Hall–Kier alpha value is -1.13. The number of nitrogens with two attached hydrogens (primary N) is 1. The molecule has 114 valence electrons. The number of rotatable bonds is 8. The van der Waals surface area contributed by atoms with Crippen LogP contribution in [0, 0.1) is 0 Å². The van der Waals surface area contributed by atoms with Crippen LogP contribution in [0.3, 0.4) is 0 Å². The molecule has 0 amide bonds. The van der Waals surface area contributed by atoms with Crippen molar-refractivity contribution in [3.8, 4) is 0 Å². The Bertz CT molecular complexity index is 397. The van der Waals surface area contributed by atoms with E-state index in [4.69, 9.17) is 5.73 Å². The Morgan fingerprint density at radius 1 is 1.25 bits per heavy atom. The Morgan fingerprint density at radius 2 is 1.85 bits per heavy atom. The number of nitrogen functional groups attached to an aromatic ring is 1. The third-order valence-corrected chi connectivity index (χ3v) is 4.64. The monoisotopic (exact) mass is 278 g/mol. The van der Waals surface area contributed by atoms with Crippen molar-refractivity contribution in [3.63, 3.8) is 0 Å². The second-order valence-corrected chi connectivity index (χ2v) is 5.21. The molecule has 1 atom stereocenters. The number of pyridine rings is 1. The number of aromatic nitrogens is 1. The van der Waals surface area contributed by atoms with Crippen LogP contribution in [0.2, 0.25) is 0 Å². The van der Waals surface area contributed by atoms with Crippen LogP contribution in [0.1, 0.15) is 52.1 Å². The molecule has 0 aliphatic rings. The molecule has 0 fully saturated rings. The molecule has 20 heavy (non-hydrogen) atoms. The van der Waals surface area contributed by atoms with Gasteiger partial charge in [0.2, 0.25) is 0 Å². The molecule has 1 aromatic heterocycles. The number of hydrogen-bond acceptors (Lipinski definition) is 4. The Labute approximate surface area is 123 Å². The van der Waals surface area contributed by atoms with Gasteiger partial charge in [-0.15, -0.1) is 0 Å². The Kier molecular flexibility index (Phi) is 6.43. The fourth-order valence-corrected chi connectivity index (χ4v) is 3.51. The van der Waals surface area contributed by atoms with E-state index in [-0.39, 0.29) is 11.6 Å². The minimum Gasteiger partial charge on any atom is -0.398 e. The van der Waals surface area contributed by atoms with E-state index >= 15 is 0 Å². The van der Waals surface area contributed by atoms with Gasteiger partial charge in [-0.3, -0.25) is 9.88 Å². The number of nitrogens with zero attached hydrogens (tertiary/aromatic N) is 2. The summed E-state index contributed by atoms with van der Waals surface area (Å²) in [5, 5.41) is 3.49. The SMILES string of the molecule is CCN(CC)C(CC)(CC)C(NC)c1cnccc1N. The molecule has 4 nitrogen and oxygen atoms in total. The summed E-state index contributed by atoms with van der Waals surface area (Å²) >= 11 is 0. The van der Waals surface area contributed by atoms with Gasteiger partial charge < -0.3 is 11.1 Å². The van der Waals surface area contributed by atoms with E-state index in [0.717, 1.165) is 37.2 Å². The summed E-state index contributed by atoms with van der Waals surface area (Å²) in [4.78, 5) is 6.81. The highest BCUT2D eigenvalue weighted by Gasteiger charge is 2.40. The molecule has 3 N–H and O–H groups in total. The van der Waals surface area contributed by atoms with Gasteiger partial charge in [0.1, 0.15) is 0 Å². The number of likely N-dealkylation sites (N-methyl/N-ethyl adjacent to an activating group) is 2. The van der Waals surface area contributed by atoms with Crippen LogP contribution >= 0.6 is 0 Å². The maximum absolute atomic E-state index is 6.19. The zero-order chi connectivity index (χ0) is 15.2. The molecule has 0 saturated carbocycles. The van der Waals surface area contributed by atoms with Crippen LogP contribution in [-0.2, 0) is 0 Å². The van der Waals surface area contributed by atoms with Gasteiger partial charge >= 0.3 is 0 Å².